The highest BCUT2D eigenvalue weighted by Crippen LogP contribution is 2.17. The van der Waals surface area contributed by atoms with E-state index >= 15 is 0 Å². The molecule has 0 aromatic heterocycles. The minimum atomic E-state index is -0.176. The van der Waals surface area contributed by atoms with Crippen molar-refractivity contribution < 1.29 is 4.79 Å². The van der Waals surface area contributed by atoms with Crippen LogP contribution in [0.2, 0.25) is 0 Å². The number of rotatable bonds is 4. The highest BCUT2D eigenvalue weighted by molar-refractivity contribution is 7.80. The molecule has 0 saturated carbocycles. The van der Waals surface area contributed by atoms with Gasteiger partial charge in [-0.3, -0.25) is 0 Å². The van der Waals surface area contributed by atoms with E-state index in [9.17, 15) is 4.79 Å². The maximum atomic E-state index is 11.4. The predicted octanol–water partition coefficient (Wildman–Crippen LogP) is 2.90. The van der Waals surface area contributed by atoms with Crippen molar-refractivity contribution in [3.05, 3.63) is 24.3 Å². The van der Waals surface area contributed by atoms with Gasteiger partial charge in [0.1, 0.15) is 0 Å². The Morgan fingerprint density at radius 2 is 2.13 bits per heavy atom. The molecule has 0 aliphatic rings. The molecule has 0 heterocycles. The van der Waals surface area contributed by atoms with Gasteiger partial charge in [0.2, 0.25) is 0 Å². The lowest BCUT2D eigenvalue weighted by Crippen LogP contribution is -2.29. The van der Waals surface area contributed by atoms with Crippen LogP contribution in [-0.2, 0) is 0 Å². The van der Waals surface area contributed by atoms with Crippen LogP contribution in [0.4, 0.5) is 10.5 Å². The predicted molar refractivity (Wildman–Crippen MR) is 65.6 cm³/mol. The first-order chi connectivity index (χ1) is 7.24. The van der Waals surface area contributed by atoms with Gasteiger partial charge in [0.05, 0.1) is 5.69 Å². The van der Waals surface area contributed by atoms with Crippen molar-refractivity contribution >= 4 is 24.3 Å². The number of carbonyl (C=O) groups is 1. The second-order valence-electron chi connectivity index (χ2n) is 3.25. The van der Waals surface area contributed by atoms with Crippen LogP contribution in [-0.4, -0.2) is 12.6 Å². The average molecular weight is 224 g/mol. The molecule has 3 nitrogen and oxygen atoms in total. The average Bonchev–Trinajstić information content (AvgIpc) is 2.22. The summed E-state index contributed by atoms with van der Waals surface area (Å²) in [6.45, 7) is 2.79. The number of urea groups is 1. The van der Waals surface area contributed by atoms with Crippen LogP contribution in [0.3, 0.4) is 0 Å². The van der Waals surface area contributed by atoms with Crippen LogP contribution < -0.4 is 10.6 Å². The van der Waals surface area contributed by atoms with Gasteiger partial charge in [-0.1, -0.05) is 25.5 Å². The summed E-state index contributed by atoms with van der Waals surface area (Å²) in [4.78, 5) is 12.2. The van der Waals surface area contributed by atoms with E-state index in [0.717, 1.165) is 23.4 Å². The fourth-order valence-corrected chi connectivity index (χ4v) is 1.34. The number of benzene rings is 1. The summed E-state index contributed by atoms with van der Waals surface area (Å²) in [6, 6.07) is 7.22. The van der Waals surface area contributed by atoms with E-state index in [1.54, 1.807) is 0 Å². The first kappa shape index (κ1) is 11.9. The van der Waals surface area contributed by atoms with Crippen LogP contribution in [0.15, 0.2) is 29.2 Å². The summed E-state index contributed by atoms with van der Waals surface area (Å²) in [5.41, 5.74) is 0.731. The number of anilines is 1. The molecule has 2 amide bonds. The van der Waals surface area contributed by atoms with Crippen LogP contribution in [0.1, 0.15) is 19.8 Å². The number of unbranched alkanes of at least 4 members (excludes halogenated alkanes) is 1. The molecule has 0 saturated heterocycles. The van der Waals surface area contributed by atoms with Gasteiger partial charge in [-0.15, -0.1) is 12.6 Å². The summed E-state index contributed by atoms with van der Waals surface area (Å²) >= 11 is 4.24. The third kappa shape index (κ3) is 4.25. The normalized spacial score (nSPS) is 9.73. The highest BCUT2D eigenvalue weighted by atomic mass is 32.1. The molecule has 0 radical (unpaired) electrons. The van der Waals surface area contributed by atoms with E-state index in [1.807, 2.05) is 24.3 Å². The molecule has 0 fully saturated rings. The maximum Gasteiger partial charge on any atom is 0.319 e. The Bertz CT molecular complexity index is 328. The van der Waals surface area contributed by atoms with E-state index in [4.69, 9.17) is 0 Å². The standard InChI is InChI=1S/C11H16N2OS/c1-2-3-8-12-11(14)13-9-6-4-5-7-10(9)15/h4-7,15H,2-3,8H2,1H3,(H2,12,13,14). The summed E-state index contributed by atoms with van der Waals surface area (Å²) in [6.07, 6.45) is 2.07. The van der Waals surface area contributed by atoms with Crippen molar-refractivity contribution in [2.45, 2.75) is 24.7 Å². The third-order valence-corrected chi connectivity index (χ3v) is 2.36. The highest BCUT2D eigenvalue weighted by Gasteiger charge is 2.02. The summed E-state index contributed by atoms with van der Waals surface area (Å²) in [7, 11) is 0. The molecule has 1 aromatic rings. The Kier molecular flexibility index (Phi) is 5.04. The zero-order valence-corrected chi connectivity index (χ0v) is 9.68. The molecule has 82 valence electrons. The molecule has 4 heteroatoms. The molecular formula is C11H16N2OS. The maximum absolute atomic E-state index is 11.4. The fourth-order valence-electron chi connectivity index (χ4n) is 1.12. The second-order valence-corrected chi connectivity index (χ2v) is 3.73. The van der Waals surface area contributed by atoms with Crippen molar-refractivity contribution in [2.24, 2.45) is 0 Å². The Morgan fingerprint density at radius 3 is 2.80 bits per heavy atom. The first-order valence-corrected chi connectivity index (χ1v) is 5.51. The summed E-state index contributed by atoms with van der Waals surface area (Å²) in [5, 5.41) is 5.52. The van der Waals surface area contributed by atoms with Crippen LogP contribution in [0.5, 0.6) is 0 Å². The van der Waals surface area contributed by atoms with E-state index in [-0.39, 0.29) is 6.03 Å². The zero-order valence-electron chi connectivity index (χ0n) is 8.79. The van der Waals surface area contributed by atoms with Gasteiger partial charge >= 0.3 is 6.03 Å². The van der Waals surface area contributed by atoms with Gasteiger partial charge in [-0.05, 0) is 18.6 Å². The van der Waals surface area contributed by atoms with Gasteiger partial charge in [0, 0.05) is 11.4 Å². The minimum absolute atomic E-state index is 0.176. The van der Waals surface area contributed by atoms with Gasteiger partial charge < -0.3 is 10.6 Å². The fraction of sp³-hybridized carbons (Fsp3) is 0.364. The third-order valence-electron chi connectivity index (χ3n) is 1.97. The molecular weight excluding hydrogens is 208 g/mol. The van der Waals surface area contributed by atoms with Crippen molar-refractivity contribution in [1.29, 1.82) is 0 Å². The number of para-hydroxylation sites is 1. The number of amides is 2. The number of hydrogen-bond donors (Lipinski definition) is 3. The van der Waals surface area contributed by atoms with Crippen molar-refractivity contribution in [2.75, 3.05) is 11.9 Å². The van der Waals surface area contributed by atoms with E-state index in [1.165, 1.54) is 0 Å². The Morgan fingerprint density at radius 1 is 1.40 bits per heavy atom. The number of hydrogen-bond acceptors (Lipinski definition) is 2. The molecule has 15 heavy (non-hydrogen) atoms. The smallest absolute Gasteiger partial charge is 0.319 e. The summed E-state index contributed by atoms with van der Waals surface area (Å²) in [5.74, 6) is 0. The quantitative estimate of drug-likeness (QED) is 0.534. The second kappa shape index (κ2) is 6.35. The number of nitrogens with one attached hydrogen (secondary N) is 2. The molecule has 0 bridgehead atoms. The number of thiol groups is 1. The number of carbonyl (C=O) groups excluding carboxylic acids is 1. The lowest BCUT2D eigenvalue weighted by atomic mass is 10.3. The first-order valence-electron chi connectivity index (χ1n) is 5.07. The van der Waals surface area contributed by atoms with Gasteiger partial charge in [0.15, 0.2) is 0 Å². The van der Waals surface area contributed by atoms with Crippen molar-refractivity contribution in [1.82, 2.24) is 5.32 Å². The molecule has 0 aliphatic heterocycles. The van der Waals surface area contributed by atoms with Gasteiger partial charge in [0.25, 0.3) is 0 Å². The van der Waals surface area contributed by atoms with E-state index in [0.29, 0.717) is 6.54 Å². The van der Waals surface area contributed by atoms with Crippen molar-refractivity contribution in [3.63, 3.8) is 0 Å². The molecule has 0 unspecified atom stereocenters. The van der Waals surface area contributed by atoms with E-state index < -0.39 is 0 Å². The summed E-state index contributed by atoms with van der Waals surface area (Å²) < 4.78 is 0. The molecule has 0 spiro atoms. The lowest BCUT2D eigenvalue weighted by Gasteiger charge is -2.08. The molecule has 1 aromatic carbocycles. The largest absolute Gasteiger partial charge is 0.338 e. The SMILES string of the molecule is CCCCNC(=O)Nc1ccccc1S. The molecule has 1 rings (SSSR count). The Balaban J connectivity index is 2.41. The Hall–Kier alpha value is -1.16. The van der Waals surface area contributed by atoms with Crippen LogP contribution >= 0.6 is 12.6 Å². The van der Waals surface area contributed by atoms with Gasteiger partial charge in [-0.25, -0.2) is 4.79 Å². The minimum Gasteiger partial charge on any atom is -0.338 e. The zero-order chi connectivity index (χ0) is 11.1. The van der Waals surface area contributed by atoms with E-state index in [2.05, 4.69) is 30.2 Å². The topological polar surface area (TPSA) is 41.1 Å². The Labute approximate surface area is 95.7 Å². The van der Waals surface area contributed by atoms with Gasteiger partial charge in [-0.2, -0.15) is 0 Å². The monoisotopic (exact) mass is 224 g/mol. The van der Waals surface area contributed by atoms with Crippen molar-refractivity contribution in [3.8, 4) is 0 Å². The lowest BCUT2D eigenvalue weighted by molar-refractivity contribution is 0.252. The molecule has 2 N–H and O–H groups in total. The molecule has 0 atom stereocenters. The molecule has 0 aliphatic carbocycles. The van der Waals surface area contributed by atoms with Crippen LogP contribution in [0, 0.1) is 0 Å². The van der Waals surface area contributed by atoms with Crippen LogP contribution in [0.25, 0.3) is 0 Å².